The molecule has 0 saturated carbocycles. The van der Waals surface area contributed by atoms with Crippen LogP contribution in [0.1, 0.15) is 74.1 Å². The second-order valence-corrected chi connectivity index (χ2v) is 10.6. The van der Waals surface area contributed by atoms with Gasteiger partial charge in [-0.25, -0.2) is 20.0 Å². The summed E-state index contributed by atoms with van der Waals surface area (Å²) in [4.78, 5) is 20.6. The highest BCUT2D eigenvalue weighted by atomic mass is 14.9. The topological polar surface area (TPSA) is 49.4 Å². The summed E-state index contributed by atoms with van der Waals surface area (Å²) in [7, 11) is 0. The van der Waals surface area contributed by atoms with E-state index in [2.05, 4.69) is 72.8 Å². The average molecular weight is 475 g/mol. The lowest BCUT2D eigenvalue weighted by Gasteiger charge is -2.24. The molecule has 0 amide bonds. The van der Waals surface area contributed by atoms with E-state index in [1.807, 2.05) is 0 Å². The van der Waals surface area contributed by atoms with Gasteiger partial charge in [0.05, 0.1) is 45.6 Å². The minimum absolute atomic E-state index is 0.421. The van der Waals surface area contributed by atoms with Gasteiger partial charge in [-0.1, -0.05) is 20.8 Å². The van der Waals surface area contributed by atoms with Crippen molar-refractivity contribution in [2.45, 2.75) is 74.1 Å². The van der Waals surface area contributed by atoms with Crippen molar-refractivity contribution in [1.82, 2.24) is 0 Å². The molecule has 0 radical (unpaired) electrons. The Morgan fingerprint density at radius 1 is 0.667 bits per heavy atom. The Labute approximate surface area is 214 Å². The van der Waals surface area contributed by atoms with Gasteiger partial charge in [0.1, 0.15) is 0 Å². The van der Waals surface area contributed by atoms with E-state index in [0.717, 1.165) is 71.3 Å². The number of allylic oxidation sites excluding steroid dienone is 12. The van der Waals surface area contributed by atoms with Gasteiger partial charge in [-0.05, 0) is 123 Å². The molecule has 0 aromatic heterocycles. The first kappa shape index (κ1) is 23.0. The van der Waals surface area contributed by atoms with Crippen LogP contribution in [0.4, 0.5) is 0 Å². The molecule has 0 unspecified atom stereocenters. The highest BCUT2D eigenvalue weighted by Crippen LogP contribution is 2.43. The molecule has 4 heteroatoms. The van der Waals surface area contributed by atoms with E-state index in [1.165, 1.54) is 44.6 Å². The van der Waals surface area contributed by atoms with Crippen LogP contribution < -0.4 is 0 Å². The predicted molar refractivity (Wildman–Crippen MR) is 152 cm³/mol. The van der Waals surface area contributed by atoms with Crippen molar-refractivity contribution in [3.05, 3.63) is 91.7 Å². The molecule has 5 aliphatic heterocycles. The summed E-state index contributed by atoms with van der Waals surface area (Å²) in [6, 6.07) is 0. The fourth-order valence-corrected chi connectivity index (χ4v) is 6.26. The lowest BCUT2D eigenvalue weighted by atomic mass is 9.81. The van der Waals surface area contributed by atoms with Gasteiger partial charge in [0.25, 0.3) is 0 Å². The lowest BCUT2D eigenvalue weighted by molar-refractivity contribution is 0.602. The molecule has 0 N–H and O–H groups in total. The minimum atomic E-state index is 0.421. The summed E-state index contributed by atoms with van der Waals surface area (Å²) in [5.74, 6) is 0.421. The number of nitrogens with zero attached hydrogens (tertiary/aromatic N) is 4. The summed E-state index contributed by atoms with van der Waals surface area (Å²) in [6.45, 7) is 15.5. The first-order valence-corrected chi connectivity index (χ1v) is 13.3. The Morgan fingerprint density at radius 2 is 1.22 bits per heavy atom. The Balaban J connectivity index is 1.66. The standard InChI is InChI=1S/C32H34N4/c1-8-21-19(6)26-15-29-22(9-2)18(5)25(34-29)14-27-20(7)23-11-10-16(3)31(32(23)36-27)30-12-17(4)24(33-30)13-28(21)35-26/h12-16H,8-11H2,1-7H3/t16-/m0/s1. The third-order valence-electron chi connectivity index (χ3n) is 8.51. The van der Waals surface area contributed by atoms with Crippen molar-refractivity contribution in [2.24, 2.45) is 25.9 Å². The zero-order chi connectivity index (χ0) is 25.3. The van der Waals surface area contributed by atoms with Crippen LogP contribution in [-0.4, -0.2) is 22.8 Å². The Bertz CT molecular complexity index is 1510. The molecule has 6 rings (SSSR count). The van der Waals surface area contributed by atoms with Gasteiger partial charge >= 0.3 is 0 Å². The number of aliphatic imine (C=N–C) groups is 4. The van der Waals surface area contributed by atoms with Crippen LogP contribution in [-0.2, 0) is 0 Å². The number of fused-ring (bicyclic) bond motifs is 4. The summed E-state index contributed by atoms with van der Waals surface area (Å²) < 4.78 is 0. The van der Waals surface area contributed by atoms with Gasteiger partial charge in [-0.2, -0.15) is 0 Å². The van der Waals surface area contributed by atoms with E-state index in [0.29, 0.717) is 5.92 Å². The highest BCUT2D eigenvalue weighted by Gasteiger charge is 2.33. The van der Waals surface area contributed by atoms with Crippen LogP contribution in [0.2, 0.25) is 0 Å². The monoisotopic (exact) mass is 474 g/mol. The van der Waals surface area contributed by atoms with Gasteiger partial charge in [-0.15, -0.1) is 0 Å². The quantitative estimate of drug-likeness (QED) is 0.391. The molecule has 182 valence electrons. The molecule has 1 aliphatic carbocycles. The van der Waals surface area contributed by atoms with Crippen molar-refractivity contribution < 1.29 is 0 Å². The zero-order valence-corrected chi connectivity index (χ0v) is 22.5. The lowest BCUT2D eigenvalue weighted by Crippen LogP contribution is -2.16. The van der Waals surface area contributed by atoms with E-state index in [4.69, 9.17) is 20.0 Å². The third-order valence-corrected chi connectivity index (χ3v) is 8.51. The van der Waals surface area contributed by atoms with Gasteiger partial charge in [0, 0.05) is 5.57 Å². The molecule has 5 heterocycles. The smallest absolute Gasteiger partial charge is 0.0728 e. The zero-order valence-electron chi connectivity index (χ0n) is 22.5. The molecule has 0 fully saturated rings. The van der Waals surface area contributed by atoms with E-state index in [9.17, 15) is 0 Å². The maximum absolute atomic E-state index is 5.23. The SMILES string of the molecule is CCC1=C(C)C2=CC3=NC(=CC4=NC5=C(C6=NC(=CC1=N2)C(C)=C6)[C@@H](C)CCC5=C4C)C(C)=C3CC. The summed E-state index contributed by atoms with van der Waals surface area (Å²) in [5.41, 5.74) is 18.6. The second kappa shape index (κ2) is 8.33. The molecule has 1 atom stereocenters. The van der Waals surface area contributed by atoms with Crippen molar-refractivity contribution in [3.63, 3.8) is 0 Å². The molecule has 0 saturated heterocycles. The molecular weight excluding hydrogens is 440 g/mol. The molecule has 6 aliphatic rings. The fraction of sp³-hybridized carbons (Fsp3) is 0.375. The first-order chi connectivity index (χ1) is 17.3. The molecule has 0 aromatic carbocycles. The Hall–Kier alpha value is -3.40. The van der Waals surface area contributed by atoms with Crippen LogP contribution >= 0.6 is 0 Å². The molecular formula is C32H34N4. The van der Waals surface area contributed by atoms with Crippen molar-refractivity contribution in [2.75, 3.05) is 0 Å². The van der Waals surface area contributed by atoms with Crippen LogP contribution in [0.15, 0.2) is 112 Å². The van der Waals surface area contributed by atoms with Gasteiger partial charge < -0.3 is 0 Å². The van der Waals surface area contributed by atoms with Gasteiger partial charge in [-0.3, -0.25) is 0 Å². The maximum Gasteiger partial charge on any atom is 0.0728 e. The largest absolute Gasteiger partial charge is 0.248 e. The first-order valence-electron chi connectivity index (χ1n) is 13.3. The molecule has 36 heavy (non-hydrogen) atoms. The Kier molecular flexibility index (Phi) is 5.33. The summed E-state index contributed by atoms with van der Waals surface area (Å²) in [5, 5.41) is 0. The van der Waals surface area contributed by atoms with Gasteiger partial charge in [0.2, 0.25) is 0 Å². The summed E-state index contributed by atoms with van der Waals surface area (Å²) >= 11 is 0. The fourth-order valence-electron chi connectivity index (χ4n) is 6.26. The molecule has 0 spiro atoms. The van der Waals surface area contributed by atoms with E-state index >= 15 is 0 Å². The van der Waals surface area contributed by atoms with Crippen LogP contribution in [0.3, 0.4) is 0 Å². The number of rotatable bonds is 2. The van der Waals surface area contributed by atoms with E-state index in [-0.39, 0.29) is 0 Å². The maximum atomic E-state index is 5.23. The molecule has 0 aromatic rings. The van der Waals surface area contributed by atoms with Crippen molar-refractivity contribution in [3.8, 4) is 0 Å². The van der Waals surface area contributed by atoms with E-state index < -0.39 is 0 Å². The predicted octanol–water partition coefficient (Wildman–Crippen LogP) is 7.87. The second-order valence-electron chi connectivity index (χ2n) is 10.6. The minimum Gasteiger partial charge on any atom is -0.248 e. The van der Waals surface area contributed by atoms with Crippen LogP contribution in [0, 0.1) is 5.92 Å². The van der Waals surface area contributed by atoms with E-state index in [1.54, 1.807) is 0 Å². The normalized spacial score (nSPS) is 25.1. The Morgan fingerprint density at radius 3 is 1.83 bits per heavy atom. The number of hydrogen-bond donors (Lipinski definition) is 0. The summed E-state index contributed by atoms with van der Waals surface area (Å²) in [6.07, 6.45) is 12.9. The van der Waals surface area contributed by atoms with Crippen LogP contribution in [0.5, 0.6) is 0 Å². The van der Waals surface area contributed by atoms with Crippen LogP contribution in [0.25, 0.3) is 0 Å². The molecule has 8 bridgehead atoms. The third kappa shape index (κ3) is 3.34. The highest BCUT2D eigenvalue weighted by molar-refractivity contribution is 6.20. The number of hydrogen-bond acceptors (Lipinski definition) is 4. The molecule has 4 nitrogen and oxygen atoms in total. The van der Waals surface area contributed by atoms with Crippen molar-refractivity contribution >= 4 is 22.8 Å². The van der Waals surface area contributed by atoms with Crippen molar-refractivity contribution in [1.29, 1.82) is 0 Å². The average Bonchev–Trinajstić information content (AvgIpc) is 3.53. The van der Waals surface area contributed by atoms with Gasteiger partial charge in [0.15, 0.2) is 0 Å².